The van der Waals surface area contributed by atoms with Crippen LogP contribution in [0.15, 0.2) is 46.8 Å². The van der Waals surface area contributed by atoms with E-state index in [0.717, 1.165) is 0 Å². The molecule has 196 valence electrons. The Morgan fingerprint density at radius 1 is 1.22 bits per heavy atom. The predicted octanol–water partition coefficient (Wildman–Crippen LogP) is 0.490. The zero-order valence-corrected chi connectivity index (χ0v) is 21.9. The van der Waals surface area contributed by atoms with E-state index in [4.69, 9.17) is 0 Å². The number of hydrogen-bond donors (Lipinski definition) is 4. The highest BCUT2D eigenvalue weighted by molar-refractivity contribution is 8.01. The van der Waals surface area contributed by atoms with Gasteiger partial charge in [0.05, 0.1) is 0 Å². The maximum absolute atomic E-state index is 13.2. The van der Waals surface area contributed by atoms with Crippen LogP contribution < -0.4 is 16.0 Å². The van der Waals surface area contributed by atoms with E-state index in [1.165, 1.54) is 33.1 Å². The third-order valence-corrected chi connectivity index (χ3v) is 8.03. The van der Waals surface area contributed by atoms with Gasteiger partial charge in [-0.1, -0.05) is 42.1 Å². The Kier molecular flexibility index (Phi) is 8.02. The second kappa shape index (κ2) is 11.2. The Balaban J connectivity index is 1.48. The molecule has 3 heterocycles. The van der Waals surface area contributed by atoms with Crippen LogP contribution in [-0.4, -0.2) is 83.0 Å². The van der Waals surface area contributed by atoms with Crippen LogP contribution in [0, 0.1) is 0 Å². The van der Waals surface area contributed by atoms with Crippen LogP contribution in [0.2, 0.25) is 0 Å². The van der Waals surface area contributed by atoms with Gasteiger partial charge in [-0.2, -0.15) is 0 Å². The highest BCUT2D eigenvalue weighted by atomic mass is 32.2. The fraction of sp³-hybridized carbons (Fsp3) is 0.409. The van der Waals surface area contributed by atoms with Gasteiger partial charge in [-0.15, -0.1) is 16.9 Å². The largest absolute Gasteiger partial charge is 0.477 e. The number of hydrogen-bond acceptors (Lipinski definition) is 9. The number of nitrogens with zero attached hydrogens (tertiary/aromatic N) is 5. The van der Waals surface area contributed by atoms with Gasteiger partial charge < -0.3 is 21.1 Å². The van der Waals surface area contributed by atoms with E-state index < -0.39 is 41.3 Å². The van der Waals surface area contributed by atoms with E-state index in [-0.39, 0.29) is 11.7 Å². The molecule has 1 aromatic heterocycles. The van der Waals surface area contributed by atoms with Crippen LogP contribution in [-0.2, 0) is 21.4 Å². The van der Waals surface area contributed by atoms with Crippen molar-refractivity contribution in [1.82, 2.24) is 41.1 Å². The van der Waals surface area contributed by atoms with E-state index >= 15 is 0 Å². The predicted molar refractivity (Wildman–Crippen MR) is 135 cm³/mol. The lowest BCUT2D eigenvalue weighted by molar-refractivity contribution is -0.151. The third-order valence-electron chi connectivity index (χ3n) is 5.59. The topological polar surface area (TPSA) is 171 Å². The van der Waals surface area contributed by atoms with Crippen molar-refractivity contribution in [1.29, 1.82) is 0 Å². The van der Waals surface area contributed by atoms with Crippen LogP contribution in [0.1, 0.15) is 25.5 Å². The first-order chi connectivity index (χ1) is 17.7. The Bertz CT molecular complexity index is 1230. The number of carboxylic acids is 1. The van der Waals surface area contributed by atoms with Crippen LogP contribution in [0.25, 0.3) is 0 Å². The summed E-state index contributed by atoms with van der Waals surface area (Å²) in [5.41, 5.74) is 1.02. The molecular formula is C22H26N8O5S2. The summed E-state index contributed by atoms with van der Waals surface area (Å²) in [5.74, 6) is -1.66. The maximum atomic E-state index is 13.2. The molecule has 0 saturated carbocycles. The summed E-state index contributed by atoms with van der Waals surface area (Å²) in [6.45, 7) is 3.59. The van der Waals surface area contributed by atoms with E-state index in [2.05, 4.69) is 31.5 Å². The van der Waals surface area contributed by atoms with Gasteiger partial charge >= 0.3 is 12.0 Å². The van der Waals surface area contributed by atoms with Gasteiger partial charge in [0.2, 0.25) is 11.1 Å². The van der Waals surface area contributed by atoms with E-state index in [9.17, 15) is 24.3 Å². The minimum atomic E-state index is -1.22. The number of β-lactam (4-membered cyclic amide) rings is 1. The lowest BCUT2D eigenvalue weighted by Crippen LogP contribution is -2.71. The molecule has 2 aliphatic heterocycles. The highest BCUT2D eigenvalue weighted by Gasteiger charge is 2.54. The molecule has 37 heavy (non-hydrogen) atoms. The van der Waals surface area contributed by atoms with Gasteiger partial charge in [-0.3, -0.25) is 14.5 Å². The fourth-order valence-corrected chi connectivity index (χ4v) is 6.24. The second-order valence-electron chi connectivity index (χ2n) is 8.64. The molecule has 3 atom stereocenters. The molecule has 2 unspecified atom stereocenters. The van der Waals surface area contributed by atoms with Crippen molar-refractivity contribution in [2.24, 2.45) is 7.05 Å². The Hall–Kier alpha value is -3.59. The molecule has 0 aliphatic carbocycles. The minimum Gasteiger partial charge on any atom is -0.477 e. The molecule has 4 N–H and O–H groups in total. The zero-order chi connectivity index (χ0) is 26.7. The van der Waals surface area contributed by atoms with Crippen LogP contribution in [0.4, 0.5) is 4.79 Å². The number of urea groups is 1. The summed E-state index contributed by atoms with van der Waals surface area (Å²) in [4.78, 5) is 52.0. The second-order valence-corrected chi connectivity index (χ2v) is 10.7. The van der Waals surface area contributed by atoms with Crippen molar-refractivity contribution >= 4 is 47.3 Å². The Morgan fingerprint density at radius 2 is 1.95 bits per heavy atom. The van der Waals surface area contributed by atoms with Crippen molar-refractivity contribution in [3.8, 4) is 0 Å². The monoisotopic (exact) mass is 546 g/mol. The molecule has 2 aromatic rings. The summed E-state index contributed by atoms with van der Waals surface area (Å²) in [6, 6.07) is 6.04. The zero-order valence-electron chi connectivity index (χ0n) is 20.2. The number of aliphatic carboxylic acids is 1. The Morgan fingerprint density at radius 3 is 2.57 bits per heavy atom. The van der Waals surface area contributed by atoms with Crippen LogP contribution in [0.5, 0.6) is 0 Å². The van der Waals surface area contributed by atoms with Gasteiger partial charge in [0.1, 0.15) is 23.2 Å². The molecule has 1 fully saturated rings. The number of thioether (sulfide) groups is 2. The first-order valence-corrected chi connectivity index (χ1v) is 13.4. The SMILES string of the molecule is CC(C)NC(=O)NC(C(=O)N[C@H]1C(=O)N2C(C(=O)O)=C(CSc3nnnn3C)CSC12)c1ccccc1. The molecular weight excluding hydrogens is 520 g/mol. The van der Waals surface area contributed by atoms with Crippen molar-refractivity contribution in [3.63, 3.8) is 0 Å². The number of benzene rings is 1. The van der Waals surface area contributed by atoms with Gasteiger partial charge in [0, 0.05) is 24.6 Å². The molecule has 0 radical (unpaired) electrons. The number of carboxylic acid groups (broad SMARTS) is 1. The maximum Gasteiger partial charge on any atom is 0.352 e. The van der Waals surface area contributed by atoms with Gasteiger partial charge in [0.15, 0.2) is 0 Å². The number of fused-ring (bicyclic) bond motifs is 1. The molecule has 4 rings (SSSR count). The number of carbonyl (C=O) groups excluding carboxylic acids is 3. The fourth-order valence-electron chi connectivity index (χ4n) is 3.91. The van der Waals surface area contributed by atoms with Crippen LogP contribution >= 0.6 is 23.5 Å². The molecule has 1 saturated heterocycles. The highest BCUT2D eigenvalue weighted by Crippen LogP contribution is 2.41. The molecule has 0 bridgehead atoms. The molecule has 0 spiro atoms. The number of tetrazole rings is 1. The molecule has 1 aromatic carbocycles. The van der Waals surface area contributed by atoms with Crippen LogP contribution in [0.3, 0.4) is 0 Å². The van der Waals surface area contributed by atoms with E-state index in [0.29, 0.717) is 27.8 Å². The third kappa shape index (κ3) is 5.72. The van der Waals surface area contributed by atoms with Crippen molar-refractivity contribution in [3.05, 3.63) is 47.2 Å². The normalized spacial score (nSPS) is 19.7. The summed E-state index contributed by atoms with van der Waals surface area (Å²) in [7, 11) is 1.68. The van der Waals surface area contributed by atoms with Gasteiger partial charge in [-0.25, -0.2) is 14.3 Å². The van der Waals surface area contributed by atoms with Gasteiger partial charge in [0.25, 0.3) is 5.91 Å². The summed E-state index contributed by atoms with van der Waals surface area (Å²) < 4.78 is 1.48. The number of nitrogens with one attached hydrogen (secondary N) is 3. The number of carbonyl (C=O) groups is 4. The van der Waals surface area contributed by atoms with Crippen molar-refractivity contribution in [2.75, 3.05) is 11.5 Å². The average Bonchev–Trinajstić information content (AvgIpc) is 3.28. The number of amides is 4. The average molecular weight is 547 g/mol. The first-order valence-electron chi connectivity index (χ1n) is 11.3. The minimum absolute atomic E-state index is 0.0871. The number of aryl methyl sites for hydroxylation is 1. The quantitative estimate of drug-likeness (QED) is 0.256. The first kappa shape index (κ1) is 26.5. The summed E-state index contributed by atoms with van der Waals surface area (Å²) >= 11 is 2.64. The summed E-state index contributed by atoms with van der Waals surface area (Å²) in [6.07, 6.45) is 0. The van der Waals surface area contributed by atoms with Crippen molar-refractivity contribution < 1.29 is 24.3 Å². The van der Waals surface area contributed by atoms with E-state index in [1.807, 2.05) is 0 Å². The molecule has 2 aliphatic rings. The number of rotatable bonds is 9. The lowest BCUT2D eigenvalue weighted by atomic mass is 10.0. The number of aromatic nitrogens is 4. The smallest absolute Gasteiger partial charge is 0.352 e. The molecule has 13 nitrogen and oxygen atoms in total. The van der Waals surface area contributed by atoms with Crippen molar-refractivity contribution in [2.45, 2.75) is 42.5 Å². The Labute approximate surface area is 220 Å². The summed E-state index contributed by atoms with van der Waals surface area (Å²) in [5, 5.41) is 29.1. The molecule has 4 amide bonds. The standard InChI is InChI=1S/C22H26N8O5S2/c1-11(2)23-21(35)25-14(12-7-5-4-6-8-12)17(31)24-15-18(32)30-16(20(33)34)13(9-36-19(15)30)10-37-22-26-27-28-29(22)3/h4-8,11,14-15,19H,9-10H2,1-3H3,(H,24,31)(H,33,34)(H2,23,25,35)/t14?,15-,19?/m0/s1. The molecule has 15 heteroatoms. The lowest BCUT2D eigenvalue weighted by Gasteiger charge is -2.49. The van der Waals surface area contributed by atoms with E-state index in [1.54, 1.807) is 51.2 Å². The van der Waals surface area contributed by atoms with Gasteiger partial charge in [-0.05, 0) is 35.4 Å².